The van der Waals surface area contributed by atoms with Gasteiger partial charge in [-0.25, -0.2) is 0 Å². The Balaban J connectivity index is 2.36. The number of ether oxygens (including phenoxy) is 1. The van der Waals surface area contributed by atoms with E-state index in [9.17, 15) is 5.11 Å². The summed E-state index contributed by atoms with van der Waals surface area (Å²) >= 11 is 3.31. The van der Waals surface area contributed by atoms with Crippen LogP contribution in [0.1, 0.15) is 12.8 Å². The zero-order valence-corrected chi connectivity index (χ0v) is 10.2. The molecule has 82 valence electrons. The van der Waals surface area contributed by atoms with Gasteiger partial charge in [0, 0.05) is 43.6 Å². The number of halogens is 1. The van der Waals surface area contributed by atoms with E-state index in [0.717, 1.165) is 23.9 Å². The van der Waals surface area contributed by atoms with Crippen LogP contribution < -0.4 is 0 Å². The number of likely N-dealkylation sites (N-methyl/N-ethyl adjacent to an activating group) is 1. The summed E-state index contributed by atoms with van der Waals surface area (Å²) in [5, 5.41) is 10.2. The van der Waals surface area contributed by atoms with Gasteiger partial charge in [-0.1, -0.05) is 22.5 Å². The van der Waals surface area contributed by atoms with Crippen molar-refractivity contribution in [2.24, 2.45) is 0 Å². The Kier molecular flexibility index (Phi) is 4.57. The van der Waals surface area contributed by atoms with Gasteiger partial charge in [0.2, 0.25) is 0 Å². The molecule has 1 saturated heterocycles. The largest absolute Gasteiger partial charge is 0.388 e. The average Bonchev–Trinajstić information content (AvgIpc) is 2.02. The normalized spacial score (nSPS) is 21.1. The van der Waals surface area contributed by atoms with Crippen molar-refractivity contribution in [3.05, 3.63) is 11.1 Å². The van der Waals surface area contributed by atoms with Crippen molar-refractivity contribution in [1.29, 1.82) is 0 Å². The summed E-state index contributed by atoms with van der Waals surface area (Å²) in [7, 11) is 1.99. The Labute approximate surface area is 93.9 Å². The molecular weight excluding hydrogens is 246 g/mol. The molecule has 0 aromatic carbocycles. The first-order valence-electron chi connectivity index (χ1n) is 4.84. The minimum Gasteiger partial charge on any atom is -0.388 e. The molecule has 0 aliphatic carbocycles. The monoisotopic (exact) mass is 263 g/mol. The van der Waals surface area contributed by atoms with Crippen LogP contribution in [0.5, 0.6) is 0 Å². The molecule has 0 aromatic heterocycles. The number of hydrogen-bond donors (Lipinski definition) is 1. The van der Waals surface area contributed by atoms with Gasteiger partial charge < -0.3 is 9.84 Å². The van der Waals surface area contributed by atoms with Crippen LogP contribution in [0.4, 0.5) is 0 Å². The van der Waals surface area contributed by atoms with Crippen LogP contribution in [0, 0.1) is 0 Å². The van der Waals surface area contributed by atoms with Crippen LogP contribution in [-0.2, 0) is 4.74 Å². The van der Waals surface area contributed by atoms with Crippen LogP contribution in [0.3, 0.4) is 0 Å². The predicted octanol–water partition coefficient (Wildman–Crippen LogP) is 1.37. The van der Waals surface area contributed by atoms with Crippen molar-refractivity contribution in [2.45, 2.75) is 18.4 Å². The van der Waals surface area contributed by atoms with Crippen molar-refractivity contribution in [1.82, 2.24) is 4.90 Å². The average molecular weight is 264 g/mol. The third-order valence-corrected chi connectivity index (χ3v) is 2.68. The van der Waals surface area contributed by atoms with Gasteiger partial charge in [0.15, 0.2) is 0 Å². The van der Waals surface area contributed by atoms with Crippen molar-refractivity contribution in [2.75, 3.05) is 33.4 Å². The van der Waals surface area contributed by atoms with E-state index < -0.39 is 5.60 Å². The molecular formula is C10H18BrNO2. The maximum atomic E-state index is 10.2. The van der Waals surface area contributed by atoms with Crippen molar-refractivity contribution >= 4 is 15.9 Å². The van der Waals surface area contributed by atoms with E-state index in [1.54, 1.807) is 0 Å². The molecule has 1 N–H and O–H groups in total. The highest BCUT2D eigenvalue weighted by Crippen LogP contribution is 2.21. The highest BCUT2D eigenvalue weighted by molar-refractivity contribution is 9.11. The molecule has 0 atom stereocenters. The van der Waals surface area contributed by atoms with Gasteiger partial charge in [-0.15, -0.1) is 0 Å². The van der Waals surface area contributed by atoms with E-state index in [4.69, 9.17) is 4.74 Å². The molecule has 1 aliphatic heterocycles. The lowest BCUT2D eigenvalue weighted by molar-refractivity contribution is -0.0757. The van der Waals surface area contributed by atoms with Gasteiger partial charge in [-0.05, 0) is 7.05 Å². The number of hydrogen-bond acceptors (Lipinski definition) is 3. The predicted molar refractivity (Wildman–Crippen MR) is 60.6 cm³/mol. The topological polar surface area (TPSA) is 32.7 Å². The minimum atomic E-state index is -0.574. The van der Waals surface area contributed by atoms with Gasteiger partial charge in [0.05, 0.1) is 5.60 Å². The fraction of sp³-hybridized carbons (Fsp3) is 0.800. The molecule has 0 radical (unpaired) electrons. The lowest BCUT2D eigenvalue weighted by Crippen LogP contribution is -2.45. The summed E-state index contributed by atoms with van der Waals surface area (Å²) in [6, 6.07) is 0. The van der Waals surface area contributed by atoms with Crippen LogP contribution in [-0.4, -0.2) is 49.0 Å². The first kappa shape index (κ1) is 12.2. The maximum absolute atomic E-state index is 10.2. The zero-order valence-electron chi connectivity index (χ0n) is 8.63. The smallest absolute Gasteiger partial charge is 0.0817 e. The summed E-state index contributed by atoms with van der Waals surface area (Å²) in [5.41, 5.74) is -0.574. The molecule has 4 heteroatoms. The fourth-order valence-corrected chi connectivity index (χ4v) is 2.19. The molecule has 3 nitrogen and oxygen atoms in total. The summed E-state index contributed by atoms with van der Waals surface area (Å²) in [4.78, 5) is 2.07. The van der Waals surface area contributed by atoms with Gasteiger partial charge >= 0.3 is 0 Å². The van der Waals surface area contributed by atoms with Gasteiger partial charge in [0.25, 0.3) is 0 Å². The number of rotatable bonds is 4. The second-order valence-electron chi connectivity index (χ2n) is 4.03. The highest BCUT2D eigenvalue weighted by atomic mass is 79.9. The lowest BCUT2D eigenvalue weighted by Gasteiger charge is -2.35. The van der Waals surface area contributed by atoms with Crippen LogP contribution in [0.2, 0.25) is 0 Å². The van der Waals surface area contributed by atoms with Crippen molar-refractivity contribution < 1.29 is 9.84 Å². The molecule has 0 saturated carbocycles. The lowest BCUT2D eigenvalue weighted by atomic mass is 9.94. The van der Waals surface area contributed by atoms with Gasteiger partial charge in [-0.3, -0.25) is 4.90 Å². The quantitative estimate of drug-likeness (QED) is 0.832. The first-order valence-corrected chi connectivity index (χ1v) is 5.63. The second kappa shape index (κ2) is 5.26. The van der Waals surface area contributed by atoms with Gasteiger partial charge in [-0.2, -0.15) is 0 Å². The van der Waals surface area contributed by atoms with E-state index in [-0.39, 0.29) is 0 Å². The van der Waals surface area contributed by atoms with E-state index >= 15 is 0 Å². The molecule has 0 spiro atoms. The summed E-state index contributed by atoms with van der Waals surface area (Å²) in [6.07, 6.45) is 1.46. The van der Waals surface area contributed by atoms with Crippen molar-refractivity contribution in [3.8, 4) is 0 Å². The minimum absolute atomic E-state index is 0.574. The van der Waals surface area contributed by atoms with Crippen LogP contribution in [0.15, 0.2) is 11.1 Å². The Morgan fingerprint density at radius 1 is 1.57 bits per heavy atom. The SMILES string of the molecule is C=C(Br)CN(C)CC1(O)CCOCC1. The molecule has 1 aliphatic rings. The molecule has 0 amide bonds. The molecule has 0 unspecified atom stereocenters. The second-order valence-corrected chi connectivity index (χ2v) is 5.15. The Morgan fingerprint density at radius 2 is 2.14 bits per heavy atom. The van der Waals surface area contributed by atoms with Gasteiger partial charge in [0.1, 0.15) is 0 Å². The Hall–Kier alpha value is 0.1000. The molecule has 1 fully saturated rings. The maximum Gasteiger partial charge on any atom is 0.0817 e. The fourth-order valence-electron chi connectivity index (χ4n) is 1.76. The third kappa shape index (κ3) is 4.09. The van der Waals surface area contributed by atoms with Crippen molar-refractivity contribution in [3.63, 3.8) is 0 Å². The number of aliphatic hydroxyl groups is 1. The Morgan fingerprint density at radius 3 is 2.64 bits per heavy atom. The summed E-state index contributed by atoms with van der Waals surface area (Å²) in [5.74, 6) is 0. The Bertz CT molecular complexity index is 202. The molecule has 0 aromatic rings. The standard InChI is InChI=1S/C10H18BrNO2/c1-9(11)7-12(2)8-10(13)3-5-14-6-4-10/h13H,1,3-8H2,2H3. The molecule has 1 heterocycles. The number of nitrogens with zero attached hydrogens (tertiary/aromatic N) is 1. The molecule has 1 rings (SSSR count). The van der Waals surface area contributed by atoms with E-state index in [2.05, 4.69) is 27.4 Å². The van der Waals surface area contributed by atoms with Crippen LogP contribution in [0.25, 0.3) is 0 Å². The zero-order chi connectivity index (χ0) is 10.6. The molecule has 14 heavy (non-hydrogen) atoms. The third-order valence-electron chi connectivity index (χ3n) is 2.43. The van der Waals surface area contributed by atoms with Crippen LogP contribution >= 0.6 is 15.9 Å². The summed E-state index contributed by atoms with van der Waals surface area (Å²) < 4.78 is 6.16. The molecule has 0 bridgehead atoms. The first-order chi connectivity index (χ1) is 6.52. The van der Waals surface area contributed by atoms with E-state index in [1.165, 1.54) is 0 Å². The van der Waals surface area contributed by atoms with E-state index in [1.807, 2.05) is 7.05 Å². The van der Waals surface area contributed by atoms with E-state index in [0.29, 0.717) is 19.8 Å². The summed E-state index contributed by atoms with van der Waals surface area (Å²) in [6.45, 7) is 6.56. The highest BCUT2D eigenvalue weighted by Gasteiger charge is 2.30.